The van der Waals surface area contributed by atoms with Gasteiger partial charge in [0, 0.05) is 38.4 Å². The average molecular weight is 530 g/mol. The van der Waals surface area contributed by atoms with Crippen molar-refractivity contribution >= 4 is 17.5 Å². The van der Waals surface area contributed by atoms with E-state index in [1.54, 1.807) is 0 Å². The predicted octanol–water partition coefficient (Wildman–Crippen LogP) is 3.43. The summed E-state index contributed by atoms with van der Waals surface area (Å²) in [6, 6.07) is 25.4. The largest absolute Gasteiger partial charge is 0.457 e. The van der Waals surface area contributed by atoms with E-state index in [0.29, 0.717) is 37.8 Å². The first kappa shape index (κ1) is 26.7. The van der Waals surface area contributed by atoms with E-state index in [9.17, 15) is 19.8 Å². The quantitative estimate of drug-likeness (QED) is 0.393. The predicted molar refractivity (Wildman–Crippen MR) is 149 cm³/mol. The molecule has 2 amide bonds. The third-order valence-electron chi connectivity index (χ3n) is 7.62. The highest BCUT2D eigenvalue weighted by Gasteiger charge is 2.34. The molecule has 8 nitrogen and oxygen atoms in total. The maximum absolute atomic E-state index is 12.7. The zero-order chi connectivity index (χ0) is 27.2. The number of anilines is 1. The molecule has 3 aromatic rings. The van der Waals surface area contributed by atoms with Crippen LogP contribution in [0.25, 0.3) is 0 Å². The van der Waals surface area contributed by atoms with E-state index in [1.165, 1.54) is 29.7 Å². The van der Waals surface area contributed by atoms with Gasteiger partial charge in [0.15, 0.2) is 12.2 Å². The lowest BCUT2D eigenvalue weighted by Crippen LogP contribution is -2.55. The first-order valence-electron chi connectivity index (χ1n) is 13.6. The number of aliphatic hydroxyl groups excluding tert-OH is 2. The molecule has 2 aliphatic rings. The molecule has 0 spiro atoms. The lowest BCUT2D eigenvalue weighted by Gasteiger charge is -2.37. The molecule has 0 bridgehead atoms. The fourth-order valence-corrected chi connectivity index (χ4v) is 4.94. The van der Waals surface area contributed by atoms with Crippen LogP contribution in [0.4, 0.5) is 5.69 Å². The van der Waals surface area contributed by atoms with Gasteiger partial charge in [0.25, 0.3) is 11.8 Å². The number of piperazine rings is 1. The number of hydrogen-bond acceptors (Lipinski definition) is 6. The van der Waals surface area contributed by atoms with Crippen LogP contribution in [-0.2, 0) is 16.1 Å². The highest BCUT2D eigenvalue weighted by atomic mass is 16.5. The summed E-state index contributed by atoms with van der Waals surface area (Å²) in [7, 11) is 0. The van der Waals surface area contributed by atoms with Crippen LogP contribution < -0.4 is 15.0 Å². The fraction of sp³-hybridized carbons (Fsp3) is 0.355. The number of hydrogen-bond donors (Lipinski definition) is 3. The third-order valence-corrected chi connectivity index (χ3v) is 7.62. The van der Waals surface area contributed by atoms with Gasteiger partial charge in [-0.05, 0) is 66.3 Å². The van der Waals surface area contributed by atoms with E-state index in [2.05, 4.69) is 22.3 Å². The van der Waals surface area contributed by atoms with Crippen LogP contribution in [-0.4, -0.2) is 65.3 Å². The highest BCUT2D eigenvalue weighted by Crippen LogP contribution is 2.37. The van der Waals surface area contributed by atoms with Gasteiger partial charge in [0.1, 0.15) is 11.5 Å². The van der Waals surface area contributed by atoms with Gasteiger partial charge >= 0.3 is 0 Å². The van der Waals surface area contributed by atoms with Crippen LogP contribution in [0.1, 0.15) is 36.3 Å². The second-order valence-corrected chi connectivity index (χ2v) is 10.2. The minimum absolute atomic E-state index is 0.142. The normalized spacial score (nSPS) is 17.2. The standard InChI is InChI=1S/C31H35N3O5/c35-28(29(36)31(38)34-19-17-33(18-20-34)25-7-2-1-3-8-25)30(37)32-21-22-9-13-26(14-10-22)39-27-15-11-24(12-16-27)23-5-4-6-23/h1-3,7-16,23,28-29,35-36H,4-6,17-21H2,(H,32,37)/t28-,29-/m1/s1. The molecule has 1 saturated heterocycles. The van der Waals surface area contributed by atoms with Gasteiger partial charge in [-0.3, -0.25) is 9.59 Å². The van der Waals surface area contributed by atoms with E-state index in [-0.39, 0.29) is 6.54 Å². The Morgan fingerprint density at radius 3 is 2.03 bits per heavy atom. The number of rotatable bonds is 9. The Balaban J connectivity index is 1.06. The molecule has 39 heavy (non-hydrogen) atoms. The zero-order valence-electron chi connectivity index (χ0n) is 21.9. The SMILES string of the molecule is O=C(NCc1ccc(Oc2ccc(C3CCC3)cc2)cc1)[C@H](O)[C@@H](O)C(=O)N1CCN(c2ccccc2)CC1. The summed E-state index contributed by atoms with van der Waals surface area (Å²) in [6.07, 6.45) is 0.156. The molecule has 2 fully saturated rings. The van der Waals surface area contributed by atoms with E-state index < -0.39 is 24.0 Å². The number of nitrogens with zero attached hydrogens (tertiary/aromatic N) is 2. The molecule has 1 aliphatic carbocycles. The Hall–Kier alpha value is -3.88. The first-order chi connectivity index (χ1) is 19.0. The Morgan fingerprint density at radius 2 is 1.44 bits per heavy atom. The van der Waals surface area contributed by atoms with Crippen molar-refractivity contribution < 1.29 is 24.5 Å². The van der Waals surface area contributed by atoms with Gasteiger partial charge in [0.2, 0.25) is 0 Å². The minimum atomic E-state index is -1.85. The molecule has 0 unspecified atom stereocenters. The van der Waals surface area contributed by atoms with Crippen molar-refractivity contribution in [2.24, 2.45) is 0 Å². The van der Waals surface area contributed by atoms with E-state index in [1.807, 2.05) is 66.7 Å². The van der Waals surface area contributed by atoms with Crippen LogP contribution in [0.5, 0.6) is 11.5 Å². The van der Waals surface area contributed by atoms with Gasteiger partial charge in [0.05, 0.1) is 0 Å². The van der Waals surface area contributed by atoms with Crippen molar-refractivity contribution in [3.63, 3.8) is 0 Å². The maximum Gasteiger partial charge on any atom is 0.254 e. The van der Waals surface area contributed by atoms with Crippen molar-refractivity contribution in [2.45, 2.75) is 43.9 Å². The fourth-order valence-electron chi connectivity index (χ4n) is 4.94. The van der Waals surface area contributed by atoms with Gasteiger partial charge in [-0.25, -0.2) is 0 Å². The third kappa shape index (κ3) is 6.58. The molecule has 8 heteroatoms. The number of aliphatic hydroxyl groups is 2. The Labute approximate surface area is 228 Å². The van der Waals surface area contributed by atoms with Crippen molar-refractivity contribution in [1.82, 2.24) is 10.2 Å². The molecule has 3 aromatic carbocycles. The summed E-state index contributed by atoms with van der Waals surface area (Å²) in [5.74, 6) is 0.678. The van der Waals surface area contributed by atoms with E-state index in [0.717, 1.165) is 17.0 Å². The monoisotopic (exact) mass is 529 g/mol. The summed E-state index contributed by atoms with van der Waals surface area (Å²) in [4.78, 5) is 28.8. The van der Waals surface area contributed by atoms with Crippen LogP contribution in [0.2, 0.25) is 0 Å². The molecule has 2 atom stereocenters. The Bertz CT molecular complexity index is 1240. The Kier molecular flexibility index (Phi) is 8.44. The number of ether oxygens (including phenoxy) is 1. The molecule has 1 heterocycles. The van der Waals surface area contributed by atoms with E-state index in [4.69, 9.17) is 4.74 Å². The first-order valence-corrected chi connectivity index (χ1v) is 13.6. The molecular weight excluding hydrogens is 494 g/mol. The van der Waals surface area contributed by atoms with Crippen molar-refractivity contribution in [2.75, 3.05) is 31.1 Å². The van der Waals surface area contributed by atoms with Crippen molar-refractivity contribution in [3.8, 4) is 11.5 Å². The zero-order valence-corrected chi connectivity index (χ0v) is 21.9. The van der Waals surface area contributed by atoms with Gasteiger partial charge in [-0.1, -0.05) is 48.9 Å². The van der Waals surface area contributed by atoms with Gasteiger partial charge in [-0.15, -0.1) is 0 Å². The lowest BCUT2D eigenvalue weighted by molar-refractivity contribution is -0.153. The molecule has 0 aromatic heterocycles. The molecule has 0 radical (unpaired) electrons. The topological polar surface area (TPSA) is 102 Å². The second kappa shape index (κ2) is 12.3. The number of amides is 2. The van der Waals surface area contributed by atoms with Crippen molar-refractivity contribution in [1.29, 1.82) is 0 Å². The number of nitrogens with one attached hydrogen (secondary N) is 1. The lowest BCUT2D eigenvalue weighted by atomic mass is 9.80. The summed E-state index contributed by atoms with van der Waals surface area (Å²) in [5.41, 5.74) is 3.22. The summed E-state index contributed by atoms with van der Waals surface area (Å²) in [6.45, 7) is 2.16. The summed E-state index contributed by atoms with van der Waals surface area (Å²) in [5, 5.41) is 23.3. The molecular formula is C31H35N3O5. The smallest absolute Gasteiger partial charge is 0.254 e. The van der Waals surface area contributed by atoms with Gasteiger partial charge < -0.3 is 30.1 Å². The van der Waals surface area contributed by atoms with E-state index >= 15 is 0 Å². The number of carbonyl (C=O) groups is 2. The van der Waals surface area contributed by atoms with Crippen molar-refractivity contribution in [3.05, 3.63) is 90.0 Å². The second-order valence-electron chi connectivity index (χ2n) is 10.2. The summed E-state index contributed by atoms with van der Waals surface area (Å²) < 4.78 is 5.93. The Morgan fingerprint density at radius 1 is 0.821 bits per heavy atom. The van der Waals surface area contributed by atoms with Crippen LogP contribution in [0.3, 0.4) is 0 Å². The molecule has 1 aliphatic heterocycles. The average Bonchev–Trinajstić information content (AvgIpc) is 2.96. The molecule has 5 rings (SSSR count). The highest BCUT2D eigenvalue weighted by molar-refractivity contribution is 5.90. The van der Waals surface area contributed by atoms with Crippen LogP contribution in [0.15, 0.2) is 78.9 Å². The van der Waals surface area contributed by atoms with Gasteiger partial charge in [-0.2, -0.15) is 0 Å². The maximum atomic E-state index is 12.7. The molecule has 1 saturated carbocycles. The number of benzene rings is 3. The molecule has 3 N–H and O–H groups in total. The number of para-hydroxylation sites is 1. The minimum Gasteiger partial charge on any atom is -0.457 e. The molecule has 204 valence electrons. The number of carbonyl (C=O) groups excluding carboxylic acids is 2. The van der Waals surface area contributed by atoms with Crippen LogP contribution in [0, 0.1) is 0 Å². The van der Waals surface area contributed by atoms with Crippen LogP contribution >= 0.6 is 0 Å². The summed E-state index contributed by atoms with van der Waals surface area (Å²) >= 11 is 0.